The Kier molecular flexibility index (Phi) is 3.46. The van der Waals surface area contributed by atoms with Crippen LogP contribution in [0.1, 0.15) is 22.9 Å². The lowest BCUT2D eigenvalue weighted by Gasteiger charge is -2.10. The summed E-state index contributed by atoms with van der Waals surface area (Å²) in [6.45, 7) is 2.01. The summed E-state index contributed by atoms with van der Waals surface area (Å²) in [7, 11) is 0. The third kappa shape index (κ3) is 2.54. The molecule has 1 aromatic heterocycles. The zero-order chi connectivity index (χ0) is 11.5. The van der Waals surface area contributed by atoms with Crippen LogP contribution < -0.4 is 5.73 Å². The minimum Gasteiger partial charge on any atom is -0.467 e. The van der Waals surface area contributed by atoms with E-state index in [0.717, 1.165) is 22.2 Å². The number of aryl methyl sites for hydroxylation is 1. The minimum absolute atomic E-state index is 0.0730. The van der Waals surface area contributed by atoms with Gasteiger partial charge in [0.15, 0.2) is 0 Å². The molecule has 0 bridgehead atoms. The lowest BCUT2D eigenvalue weighted by atomic mass is 10.0. The molecule has 0 aliphatic rings. The molecule has 1 heterocycles. The molecule has 0 radical (unpaired) electrons. The molecule has 0 saturated heterocycles. The molecular formula is C13H14BrNO. The Morgan fingerprint density at radius 1 is 1.25 bits per heavy atom. The molecular weight excluding hydrogens is 266 g/mol. The van der Waals surface area contributed by atoms with Gasteiger partial charge >= 0.3 is 0 Å². The van der Waals surface area contributed by atoms with E-state index in [-0.39, 0.29) is 6.04 Å². The molecule has 0 amide bonds. The predicted octanol–water partition coefficient (Wildman–Crippen LogP) is 3.59. The Morgan fingerprint density at radius 2 is 1.94 bits per heavy atom. The standard InChI is InChI=1S/C13H14BrNO/c1-9-6-7-16-13(9)12(15)8-10-2-4-11(14)5-3-10/h2-7,12H,8,15H2,1H3. The van der Waals surface area contributed by atoms with Gasteiger partial charge in [0.05, 0.1) is 12.3 Å². The summed E-state index contributed by atoms with van der Waals surface area (Å²) in [6, 6.07) is 10.1. The molecule has 2 N–H and O–H groups in total. The van der Waals surface area contributed by atoms with Crippen LogP contribution in [0.2, 0.25) is 0 Å². The fraction of sp³-hybridized carbons (Fsp3) is 0.231. The summed E-state index contributed by atoms with van der Waals surface area (Å²) in [5, 5.41) is 0. The molecule has 1 unspecified atom stereocenters. The van der Waals surface area contributed by atoms with E-state index in [1.807, 2.05) is 25.1 Å². The van der Waals surface area contributed by atoms with Crippen LogP contribution in [0.4, 0.5) is 0 Å². The maximum absolute atomic E-state index is 6.10. The van der Waals surface area contributed by atoms with E-state index in [4.69, 9.17) is 10.2 Å². The summed E-state index contributed by atoms with van der Waals surface area (Å²) < 4.78 is 6.47. The molecule has 2 nitrogen and oxygen atoms in total. The van der Waals surface area contributed by atoms with Crippen LogP contribution in [0, 0.1) is 6.92 Å². The van der Waals surface area contributed by atoms with Crippen LogP contribution in [0.5, 0.6) is 0 Å². The van der Waals surface area contributed by atoms with Crippen LogP contribution in [0.25, 0.3) is 0 Å². The number of hydrogen-bond acceptors (Lipinski definition) is 2. The SMILES string of the molecule is Cc1ccoc1C(N)Cc1ccc(Br)cc1. The van der Waals surface area contributed by atoms with E-state index in [2.05, 4.69) is 28.1 Å². The Bertz CT molecular complexity index is 461. The van der Waals surface area contributed by atoms with Crippen LogP contribution in [-0.2, 0) is 6.42 Å². The molecule has 0 aliphatic heterocycles. The van der Waals surface area contributed by atoms with Crippen LogP contribution in [0.15, 0.2) is 45.5 Å². The van der Waals surface area contributed by atoms with E-state index in [1.165, 1.54) is 5.56 Å². The van der Waals surface area contributed by atoms with E-state index in [0.29, 0.717) is 0 Å². The predicted molar refractivity (Wildman–Crippen MR) is 68.2 cm³/mol. The maximum atomic E-state index is 6.10. The molecule has 0 aliphatic carbocycles. The zero-order valence-corrected chi connectivity index (χ0v) is 10.7. The van der Waals surface area contributed by atoms with Gasteiger partial charge in [0.1, 0.15) is 5.76 Å². The topological polar surface area (TPSA) is 39.2 Å². The Labute approximate surface area is 104 Å². The first-order valence-corrected chi connectivity index (χ1v) is 6.00. The highest BCUT2D eigenvalue weighted by molar-refractivity contribution is 9.10. The minimum atomic E-state index is -0.0730. The van der Waals surface area contributed by atoms with Gasteiger partial charge in [-0.2, -0.15) is 0 Å². The van der Waals surface area contributed by atoms with Gasteiger partial charge in [-0.15, -0.1) is 0 Å². The maximum Gasteiger partial charge on any atom is 0.123 e. The van der Waals surface area contributed by atoms with Crippen molar-refractivity contribution in [2.75, 3.05) is 0 Å². The summed E-state index contributed by atoms with van der Waals surface area (Å²) >= 11 is 3.41. The second-order valence-corrected chi connectivity index (χ2v) is 4.82. The number of rotatable bonds is 3. The van der Waals surface area contributed by atoms with Crippen molar-refractivity contribution in [1.82, 2.24) is 0 Å². The lowest BCUT2D eigenvalue weighted by Crippen LogP contribution is -2.13. The number of furan rings is 1. The average molecular weight is 280 g/mol. The normalized spacial score (nSPS) is 12.7. The zero-order valence-electron chi connectivity index (χ0n) is 9.11. The molecule has 3 heteroatoms. The largest absolute Gasteiger partial charge is 0.467 e. The van der Waals surface area contributed by atoms with E-state index in [9.17, 15) is 0 Å². The van der Waals surface area contributed by atoms with E-state index >= 15 is 0 Å². The van der Waals surface area contributed by atoms with Crippen molar-refractivity contribution < 1.29 is 4.42 Å². The molecule has 0 fully saturated rings. The van der Waals surface area contributed by atoms with Crippen molar-refractivity contribution in [3.05, 3.63) is 58.0 Å². The van der Waals surface area contributed by atoms with Crippen LogP contribution in [0.3, 0.4) is 0 Å². The van der Waals surface area contributed by atoms with Crippen molar-refractivity contribution in [3.8, 4) is 0 Å². The summed E-state index contributed by atoms with van der Waals surface area (Å²) in [5.74, 6) is 0.878. The number of benzene rings is 1. The van der Waals surface area contributed by atoms with Gasteiger partial charge in [-0.3, -0.25) is 0 Å². The Morgan fingerprint density at radius 3 is 2.50 bits per heavy atom. The van der Waals surface area contributed by atoms with Crippen molar-refractivity contribution >= 4 is 15.9 Å². The first-order chi connectivity index (χ1) is 7.66. The van der Waals surface area contributed by atoms with Gasteiger partial charge in [-0.1, -0.05) is 28.1 Å². The number of halogens is 1. The number of hydrogen-bond donors (Lipinski definition) is 1. The Balaban J connectivity index is 2.10. The number of nitrogens with two attached hydrogens (primary N) is 1. The van der Waals surface area contributed by atoms with Crippen molar-refractivity contribution in [2.45, 2.75) is 19.4 Å². The monoisotopic (exact) mass is 279 g/mol. The van der Waals surface area contributed by atoms with Gasteiger partial charge in [-0.05, 0) is 42.7 Å². The van der Waals surface area contributed by atoms with Crippen LogP contribution in [-0.4, -0.2) is 0 Å². The van der Waals surface area contributed by atoms with Crippen molar-refractivity contribution in [1.29, 1.82) is 0 Å². The van der Waals surface area contributed by atoms with E-state index < -0.39 is 0 Å². The molecule has 2 rings (SSSR count). The third-order valence-corrected chi connectivity index (χ3v) is 3.14. The second-order valence-electron chi connectivity index (χ2n) is 3.90. The van der Waals surface area contributed by atoms with Gasteiger partial charge in [0.25, 0.3) is 0 Å². The Hall–Kier alpha value is -1.06. The highest BCUT2D eigenvalue weighted by Crippen LogP contribution is 2.21. The van der Waals surface area contributed by atoms with Crippen molar-refractivity contribution in [2.24, 2.45) is 5.73 Å². The molecule has 1 atom stereocenters. The fourth-order valence-corrected chi connectivity index (χ4v) is 2.00. The summed E-state index contributed by atoms with van der Waals surface area (Å²) in [6.07, 6.45) is 2.48. The van der Waals surface area contributed by atoms with Gasteiger partial charge in [0.2, 0.25) is 0 Å². The molecule has 0 spiro atoms. The van der Waals surface area contributed by atoms with Gasteiger partial charge in [0, 0.05) is 4.47 Å². The molecule has 2 aromatic rings. The highest BCUT2D eigenvalue weighted by Gasteiger charge is 2.12. The molecule has 84 valence electrons. The second kappa shape index (κ2) is 4.85. The smallest absolute Gasteiger partial charge is 0.123 e. The van der Waals surface area contributed by atoms with Gasteiger partial charge in [-0.25, -0.2) is 0 Å². The molecule has 16 heavy (non-hydrogen) atoms. The lowest BCUT2D eigenvalue weighted by molar-refractivity contribution is 0.461. The summed E-state index contributed by atoms with van der Waals surface area (Å²) in [5.41, 5.74) is 8.43. The highest BCUT2D eigenvalue weighted by atomic mass is 79.9. The first kappa shape index (κ1) is 11.4. The van der Waals surface area contributed by atoms with E-state index in [1.54, 1.807) is 6.26 Å². The van der Waals surface area contributed by atoms with Crippen molar-refractivity contribution in [3.63, 3.8) is 0 Å². The third-order valence-electron chi connectivity index (χ3n) is 2.61. The molecule has 0 saturated carbocycles. The first-order valence-electron chi connectivity index (χ1n) is 5.21. The summed E-state index contributed by atoms with van der Waals surface area (Å²) in [4.78, 5) is 0. The average Bonchev–Trinajstić information content (AvgIpc) is 2.68. The molecule has 1 aromatic carbocycles. The van der Waals surface area contributed by atoms with Crippen LogP contribution >= 0.6 is 15.9 Å². The van der Waals surface area contributed by atoms with Gasteiger partial charge < -0.3 is 10.2 Å². The quantitative estimate of drug-likeness (QED) is 0.933. The fourth-order valence-electron chi connectivity index (χ4n) is 1.73.